The number of sulfonamides is 1. The summed E-state index contributed by atoms with van der Waals surface area (Å²) in [5.41, 5.74) is 0.726. The van der Waals surface area contributed by atoms with E-state index in [1.165, 1.54) is 26.7 Å². The molecule has 1 saturated carbocycles. The Balaban J connectivity index is 1.91. The molecule has 96 valence electrons. The van der Waals surface area contributed by atoms with E-state index in [0.29, 0.717) is 12.6 Å². The largest absolute Gasteiger partial charge is 0.310 e. The van der Waals surface area contributed by atoms with Gasteiger partial charge in [0.2, 0.25) is 0 Å². The van der Waals surface area contributed by atoms with Crippen molar-refractivity contribution < 1.29 is 13.2 Å². The smallest absolute Gasteiger partial charge is 0.259 e. The molecule has 1 aliphatic heterocycles. The van der Waals surface area contributed by atoms with Gasteiger partial charge in [0.05, 0.1) is 6.54 Å². The molecule has 0 aromatic carbocycles. The Kier molecular flexibility index (Phi) is 2.82. The molecular formula is C11H18N2O3S. The van der Waals surface area contributed by atoms with Crippen molar-refractivity contribution in [3.63, 3.8) is 0 Å². The Hall–Kier alpha value is -0.880. The Bertz CT molecular complexity index is 463. The number of carbonyl (C=O) groups is 1. The molecular weight excluding hydrogens is 240 g/mol. The molecule has 1 amide bonds. The zero-order chi connectivity index (χ0) is 12.8. The molecule has 2 aliphatic rings. The topological polar surface area (TPSA) is 66.5 Å². The molecule has 0 bridgehead atoms. The van der Waals surface area contributed by atoms with Gasteiger partial charge >= 0.3 is 0 Å². The summed E-state index contributed by atoms with van der Waals surface area (Å²) >= 11 is 0. The fraction of sp³-hybridized carbons (Fsp3) is 0.727. The monoisotopic (exact) mass is 258 g/mol. The Labute approximate surface area is 102 Å². The van der Waals surface area contributed by atoms with Crippen LogP contribution in [0.5, 0.6) is 0 Å². The highest BCUT2D eigenvalue weighted by Gasteiger charge is 2.59. The molecule has 0 aromatic rings. The van der Waals surface area contributed by atoms with E-state index in [2.05, 4.69) is 11.9 Å². The van der Waals surface area contributed by atoms with Gasteiger partial charge in [-0.15, -0.1) is 0 Å². The van der Waals surface area contributed by atoms with Crippen molar-refractivity contribution in [3.8, 4) is 0 Å². The molecule has 0 atom stereocenters. The second kappa shape index (κ2) is 3.81. The van der Waals surface area contributed by atoms with Crippen molar-refractivity contribution in [1.82, 2.24) is 9.62 Å². The number of rotatable bonds is 5. The lowest BCUT2D eigenvalue weighted by Gasteiger charge is -2.43. The summed E-state index contributed by atoms with van der Waals surface area (Å²) in [6.45, 7) is 7.35. The van der Waals surface area contributed by atoms with E-state index < -0.39 is 14.8 Å². The van der Waals surface area contributed by atoms with E-state index in [4.69, 9.17) is 0 Å². The van der Waals surface area contributed by atoms with Gasteiger partial charge in [-0.05, 0) is 32.3 Å². The van der Waals surface area contributed by atoms with E-state index in [1.807, 2.05) is 0 Å². The van der Waals surface area contributed by atoms with Crippen molar-refractivity contribution in [1.29, 1.82) is 0 Å². The van der Waals surface area contributed by atoms with Crippen LogP contribution >= 0.6 is 0 Å². The first kappa shape index (κ1) is 12.6. The highest BCUT2D eigenvalue weighted by molar-refractivity contribution is 7.94. The van der Waals surface area contributed by atoms with Crippen molar-refractivity contribution in [2.45, 2.75) is 37.5 Å². The average Bonchev–Trinajstić information content (AvgIpc) is 3.05. The normalized spacial score (nSPS) is 25.5. The Morgan fingerprint density at radius 3 is 2.59 bits per heavy atom. The van der Waals surface area contributed by atoms with E-state index in [0.717, 1.165) is 9.88 Å². The second-order valence-corrected chi connectivity index (χ2v) is 7.64. The first-order valence-corrected chi connectivity index (χ1v) is 7.17. The summed E-state index contributed by atoms with van der Waals surface area (Å²) in [5, 5.41) is 3.24. The van der Waals surface area contributed by atoms with Crippen molar-refractivity contribution in [2.24, 2.45) is 0 Å². The predicted molar refractivity (Wildman–Crippen MR) is 64.9 cm³/mol. The van der Waals surface area contributed by atoms with E-state index >= 15 is 0 Å². The van der Waals surface area contributed by atoms with Crippen molar-refractivity contribution in [3.05, 3.63) is 12.2 Å². The molecule has 5 nitrogen and oxygen atoms in total. The van der Waals surface area contributed by atoms with Crippen LogP contribution in [0.15, 0.2) is 12.2 Å². The molecule has 1 aliphatic carbocycles. The Morgan fingerprint density at radius 1 is 1.53 bits per heavy atom. The van der Waals surface area contributed by atoms with Crippen molar-refractivity contribution >= 4 is 15.9 Å². The maximum Gasteiger partial charge on any atom is 0.259 e. The fourth-order valence-electron chi connectivity index (χ4n) is 1.75. The van der Waals surface area contributed by atoms with Crippen molar-refractivity contribution in [2.75, 3.05) is 13.1 Å². The minimum atomic E-state index is -3.47. The fourth-order valence-corrected chi connectivity index (χ4v) is 3.30. The number of amides is 1. The maximum absolute atomic E-state index is 11.8. The first-order valence-electron chi connectivity index (χ1n) is 5.73. The van der Waals surface area contributed by atoms with Gasteiger partial charge in [-0.3, -0.25) is 4.79 Å². The molecule has 1 N–H and O–H groups in total. The van der Waals surface area contributed by atoms with Crippen LogP contribution in [0.4, 0.5) is 0 Å². The predicted octanol–water partition coefficient (Wildman–Crippen LogP) is 0.245. The highest BCUT2D eigenvalue weighted by Crippen LogP contribution is 2.35. The standard InChI is InChI=1S/C11H18N2O3S/c1-8(6-12-9-4-5-9)7-13-10(14)11(2,3)17(13,15)16/h9,12H,1,4-7H2,2-3H3. The SMILES string of the molecule is C=C(CNC1CC1)CN1C(=O)C(C)(C)S1(=O)=O. The van der Waals surface area contributed by atoms with E-state index in [1.54, 1.807) is 0 Å². The Morgan fingerprint density at radius 2 is 2.12 bits per heavy atom. The van der Waals surface area contributed by atoms with Gasteiger partial charge in [0.1, 0.15) is 0 Å². The van der Waals surface area contributed by atoms with Gasteiger partial charge in [0.25, 0.3) is 15.9 Å². The molecule has 2 fully saturated rings. The summed E-state index contributed by atoms with van der Waals surface area (Å²) < 4.78 is 23.3. The first-order chi connectivity index (χ1) is 7.76. The van der Waals surface area contributed by atoms with Crippen LogP contribution in [0.1, 0.15) is 26.7 Å². The quantitative estimate of drug-likeness (QED) is 0.718. The van der Waals surface area contributed by atoms with Crippen LogP contribution in [0.2, 0.25) is 0 Å². The number of hydrogen-bond acceptors (Lipinski definition) is 4. The van der Waals surface area contributed by atoms with Gasteiger partial charge in [-0.2, -0.15) is 0 Å². The second-order valence-electron chi connectivity index (χ2n) is 5.23. The van der Waals surface area contributed by atoms with Gasteiger partial charge in [0, 0.05) is 12.6 Å². The van der Waals surface area contributed by atoms with Crippen LogP contribution in [-0.2, 0) is 14.8 Å². The zero-order valence-corrected chi connectivity index (χ0v) is 11.0. The van der Waals surface area contributed by atoms with Crippen LogP contribution < -0.4 is 5.32 Å². The number of carbonyl (C=O) groups excluding carboxylic acids is 1. The van der Waals surface area contributed by atoms with E-state index in [-0.39, 0.29) is 12.5 Å². The minimum Gasteiger partial charge on any atom is -0.310 e. The minimum absolute atomic E-state index is 0.102. The van der Waals surface area contributed by atoms with Gasteiger partial charge in [-0.1, -0.05) is 6.58 Å². The van der Waals surface area contributed by atoms with Crippen LogP contribution in [-0.4, -0.2) is 42.5 Å². The van der Waals surface area contributed by atoms with Crippen LogP contribution in [0, 0.1) is 0 Å². The number of nitrogens with zero attached hydrogens (tertiary/aromatic N) is 1. The molecule has 1 heterocycles. The van der Waals surface area contributed by atoms with Crippen LogP contribution in [0.3, 0.4) is 0 Å². The molecule has 17 heavy (non-hydrogen) atoms. The molecule has 0 spiro atoms. The lowest BCUT2D eigenvalue weighted by atomic mass is 10.1. The third kappa shape index (κ3) is 1.99. The molecule has 0 aromatic heterocycles. The summed E-state index contributed by atoms with van der Waals surface area (Å²) in [7, 11) is -3.47. The van der Waals surface area contributed by atoms with Crippen LogP contribution in [0.25, 0.3) is 0 Å². The zero-order valence-electron chi connectivity index (χ0n) is 10.2. The number of hydrogen-bond donors (Lipinski definition) is 1. The summed E-state index contributed by atoms with van der Waals surface area (Å²) in [4.78, 5) is 11.7. The summed E-state index contributed by atoms with van der Waals surface area (Å²) in [6.07, 6.45) is 2.34. The van der Waals surface area contributed by atoms with Gasteiger partial charge < -0.3 is 5.32 Å². The lowest BCUT2D eigenvalue weighted by Crippen LogP contribution is -2.67. The summed E-state index contributed by atoms with van der Waals surface area (Å²) in [5.74, 6) is -0.343. The molecule has 1 saturated heterocycles. The molecule has 2 rings (SSSR count). The number of nitrogens with one attached hydrogen (secondary N) is 1. The summed E-state index contributed by atoms with van der Waals surface area (Å²) in [6, 6.07) is 0.548. The highest BCUT2D eigenvalue weighted by atomic mass is 32.2. The van der Waals surface area contributed by atoms with Gasteiger partial charge in [0.15, 0.2) is 4.75 Å². The molecule has 0 radical (unpaired) electrons. The van der Waals surface area contributed by atoms with E-state index in [9.17, 15) is 13.2 Å². The molecule has 0 unspecified atom stereocenters. The third-order valence-corrected chi connectivity index (χ3v) is 5.60. The maximum atomic E-state index is 11.8. The average molecular weight is 258 g/mol. The van der Waals surface area contributed by atoms with Gasteiger partial charge in [-0.25, -0.2) is 12.7 Å². The third-order valence-electron chi connectivity index (χ3n) is 3.26. The molecule has 6 heteroatoms. The lowest BCUT2D eigenvalue weighted by molar-refractivity contribution is -0.131.